The number of aromatic nitrogens is 2. The number of nitrogens with one attached hydrogen (secondary N) is 4. The van der Waals surface area contributed by atoms with Crippen LogP contribution in [0.25, 0.3) is 10.9 Å². The molecule has 0 aliphatic carbocycles. The SMILES string of the molecule is CN[C@@H](C)C(=O)N[C@H](C(=O)N1CCC[C@H]1C(=O)Nc1cc2c(Nc3ccc(N4CCCC4)cc3)ncnc2cc1OC)C(C)(C)C.Cl.Cl. The van der Waals surface area contributed by atoms with Crippen molar-refractivity contribution in [2.45, 2.75) is 71.5 Å². The maximum Gasteiger partial charge on any atom is 0.247 e. The van der Waals surface area contributed by atoms with Crippen molar-refractivity contribution in [1.82, 2.24) is 25.5 Å². The highest BCUT2D eigenvalue weighted by atomic mass is 35.5. The van der Waals surface area contributed by atoms with Gasteiger partial charge in [-0.3, -0.25) is 14.4 Å². The van der Waals surface area contributed by atoms with Crippen LogP contribution in [0.2, 0.25) is 0 Å². The molecule has 3 amide bonds. The molecule has 2 fully saturated rings. The molecule has 3 aromatic rings. The first kappa shape index (κ1) is 38.6. The lowest BCUT2D eigenvalue weighted by atomic mass is 9.85. The molecule has 48 heavy (non-hydrogen) atoms. The number of carbonyl (C=O) groups excluding carboxylic acids is 3. The molecule has 14 heteroatoms. The lowest BCUT2D eigenvalue weighted by Gasteiger charge is -2.36. The summed E-state index contributed by atoms with van der Waals surface area (Å²) in [6, 6.07) is 9.89. The summed E-state index contributed by atoms with van der Waals surface area (Å²) in [6.45, 7) is 10.0. The van der Waals surface area contributed by atoms with E-state index in [1.54, 1.807) is 31.0 Å². The summed E-state index contributed by atoms with van der Waals surface area (Å²) in [5, 5.41) is 12.9. The second kappa shape index (κ2) is 16.5. The molecule has 4 N–H and O–H groups in total. The van der Waals surface area contributed by atoms with Gasteiger partial charge in [-0.25, -0.2) is 9.97 Å². The molecule has 12 nitrogen and oxygen atoms in total. The minimum Gasteiger partial charge on any atom is -0.494 e. The van der Waals surface area contributed by atoms with Crippen LogP contribution in [-0.4, -0.2) is 84.5 Å². The van der Waals surface area contributed by atoms with Crippen LogP contribution in [0.15, 0.2) is 42.7 Å². The molecule has 0 bridgehead atoms. The molecule has 1 aromatic heterocycles. The molecular weight excluding hydrogens is 655 g/mol. The van der Waals surface area contributed by atoms with Gasteiger partial charge in [0.2, 0.25) is 17.7 Å². The van der Waals surface area contributed by atoms with Gasteiger partial charge >= 0.3 is 0 Å². The minimum absolute atomic E-state index is 0. The van der Waals surface area contributed by atoms with Gasteiger partial charge in [0.05, 0.1) is 24.4 Å². The Morgan fingerprint density at radius 3 is 2.29 bits per heavy atom. The van der Waals surface area contributed by atoms with Gasteiger partial charge in [-0.15, -0.1) is 24.8 Å². The summed E-state index contributed by atoms with van der Waals surface area (Å²) in [6.07, 6.45) is 5.11. The number of hydrogen-bond donors (Lipinski definition) is 4. The van der Waals surface area contributed by atoms with Gasteiger partial charge in [0.25, 0.3) is 0 Å². The fourth-order valence-corrected chi connectivity index (χ4v) is 6.05. The normalized spacial score (nSPS) is 17.2. The van der Waals surface area contributed by atoms with Gasteiger partial charge in [0.1, 0.15) is 30.0 Å². The van der Waals surface area contributed by atoms with Crippen LogP contribution in [0.3, 0.4) is 0 Å². The predicted octanol–water partition coefficient (Wildman–Crippen LogP) is 4.89. The van der Waals surface area contributed by atoms with Crippen LogP contribution in [-0.2, 0) is 14.4 Å². The lowest BCUT2D eigenvalue weighted by Crippen LogP contribution is -2.59. The Morgan fingerprint density at radius 2 is 1.67 bits per heavy atom. The minimum atomic E-state index is -0.797. The number of likely N-dealkylation sites (tertiary alicyclic amines) is 1. The van der Waals surface area contributed by atoms with E-state index >= 15 is 0 Å². The molecule has 0 saturated carbocycles. The number of benzene rings is 2. The highest BCUT2D eigenvalue weighted by Gasteiger charge is 2.42. The Labute approximate surface area is 295 Å². The van der Waals surface area contributed by atoms with Gasteiger partial charge in [0, 0.05) is 42.5 Å². The Bertz CT molecular complexity index is 1580. The molecule has 262 valence electrons. The third-order valence-electron chi connectivity index (χ3n) is 8.88. The van der Waals surface area contributed by atoms with Crippen LogP contribution in [0.1, 0.15) is 53.4 Å². The maximum atomic E-state index is 13.9. The molecule has 2 saturated heterocycles. The highest BCUT2D eigenvalue weighted by Crippen LogP contribution is 2.34. The van der Waals surface area contributed by atoms with E-state index in [2.05, 4.69) is 48.3 Å². The number of methoxy groups -OCH3 is 1. The monoisotopic (exact) mass is 702 g/mol. The van der Waals surface area contributed by atoms with Crippen molar-refractivity contribution in [2.75, 3.05) is 49.3 Å². The number of halogens is 2. The van der Waals surface area contributed by atoms with Crippen LogP contribution in [0.4, 0.5) is 22.9 Å². The van der Waals surface area contributed by atoms with Gasteiger partial charge in [-0.1, -0.05) is 20.8 Å². The number of hydrogen-bond acceptors (Lipinski definition) is 9. The third-order valence-corrected chi connectivity index (χ3v) is 8.88. The van der Waals surface area contributed by atoms with Crippen molar-refractivity contribution < 1.29 is 19.1 Å². The summed E-state index contributed by atoms with van der Waals surface area (Å²) in [4.78, 5) is 53.3. The van der Waals surface area contributed by atoms with Gasteiger partial charge in [0.15, 0.2) is 0 Å². The fraction of sp³-hybridized carbons (Fsp3) is 0.500. The van der Waals surface area contributed by atoms with E-state index in [1.165, 1.54) is 32.0 Å². The average Bonchev–Trinajstić information content (AvgIpc) is 3.76. The third kappa shape index (κ3) is 8.58. The van der Waals surface area contributed by atoms with Crippen LogP contribution < -0.4 is 30.9 Å². The Balaban J connectivity index is 0.00000312. The molecule has 5 rings (SSSR count). The lowest BCUT2D eigenvalue weighted by molar-refractivity contribution is -0.143. The second-order valence-corrected chi connectivity index (χ2v) is 13.2. The topological polar surface area (TPSA) is 141 Å². The highest BCUT2D eigenvalue weighted by molar-refractivity contribution is 6.03. The maximum absolute atomic E-state index is 13.9. The largest absolute Gasteiger partial charge is 0.494 e. The molecule has 2 aliphatic rings. The predicted molar refractivity (Wildman–Crippen MR) is 195 cm³/mol. The Hall–Kier alpha value is -3.87. The van der Waals surface area contributed by atoms with Crippen LogP contribution >= 0.6 is 24.8 Å². The first-order valence-electron chi connectivity index (χ1n) is 16.0. The quantitative estimate of drug-likeness (QED) is 0.232. The van der Waals surface area contributed by atoms with Crippen molar-refractivity contribution >= 4 is 76.3 Å². The van der Waals surface area contributed by atoms with Crippen molar-refractivity contribution in [3.8, 4) is 5.75 Å². The number of fused-ring (bicyclic) bond motifs is 1. The molecule has 2 aromatic carbocycles. The van der Waals surface area contributed by atoms with E-state index in [0.29, 0.717) is 47.5 Å². The summed E-state index contributed by atoms with van der Waals surface area (Å²) < 4.78 is 5.64. The Kier molecular flexibility index (Phi) is 13.3. The van der Waals surface area contributed by atoms with Crippen molar-refractivity contribution in [1.29, 1.82) is 0 Å². The first-order valence-corrected chi connectivity index (χ1v) is 16.0. The number of likely N-dealkylation sites (N-methyl/N-ethyl adjacent to an activating group) is 1. The van der Waals surface area contributed by atoms with Crippen LogP contribution in [0, 0.1) is 5.41 Å². The molecule has 0 radical (unpaired) electrons. The van der Waals surface area contributed by atoms with E-state index in [1.807, 2.05) is 32.9 Å². The number of nitrogens with zero attached hydrogens (tertiary/aromatic N) is 4. The molecular formula is C34H48Cl2N8O4. The van der Waals surface area contributed by atoms with Gasteiger partial charge < -0.3 is 35.8 Å². The summed E-state index contributed by atoms with van der Waals surface area (Å²) in [7, 11) is 3.23. The van der Waals surface area contributed by atoms with E-state index in [9.17, 15) is 14.4 Å². The smallest absolute Gasteiger partial charge is 0.247 e. The molecule has 0 unspecified atom stereocenters. The molecule has 2 aliphatic heterocycles. The van der Waals surface area contributed by atoms with Crippen molar-refractivity contribution in [3.05, 3.63) is 42.7 Å². The molecule has 3 heterocycles. The standard InChI is InChI=1S/C34H46N8O4.2ClH/c1-21(35-5)31(43)40-29(34(2,3)4)33(45)42-17-9-10-27(42)32(44)39-26-18-24-25(19-28(26)46-6)36-20-37-30(24)38-22-11-13-23(14-12-22)41-15-7-8-16-41;;/h11-14,18-21,27,29,35H,7-10,15-17H2,1-6H3,(H,39,44)(H,40,43)(H,36,37,38);2*1H/t21-,27-,29+;;/m0../s1. The number of rotatable bonds is 10. The van der Waals surface area contributed by atoms with Crippen LogP contribution in [0.5, 0.6) is 5.75 Å². The number of amides is 3. The zero-order valence-corrected chi connectivity index (χ0v) is 30.1. The number of carbonyl (C=O) groups is 3. The summed E-state index contributed by atoms with van der Waals surface area (Å²) >= 11 is 0. The van der Waals surface area contributed by atoms with E-state index in [-0.39, 0.29) is 42.5 Å². The summed E-state index contributed by atoms with van der Waals surface area (Å²) in [5.74, 6) is 0.162. The first-order chi connectivity index (χ1) is 22.0. The zero-order chi connectivity index (χ0) is 33.0. The fourth-order valence-electron chi connectivity index (χ4n) is 6.05. The number of ether oxygens (including phenoxy) is 1. The summed E-state index contributed by atoms with van der Waals surface area (Å²) in [5.41, 5.74) is 2.62. The van der Waals surface area contributed by atoms with Gasteiger partial charge in [-0.2, -0.15) is 0 Å². The van der Waals surface area contributed by atoms with E-state index in [0.717, 1.165) is 18.8 Å². The van der Waals surface area contributed by atoms with Crippen molar-refractivity contribution in [2.24, 2.45) is 5.41 Å². The van der Waals surface area contributed by atoms with E-state index in [4.69, 9.17) is 4.74 Å². The van der Waals surface area contributed by atoms with Gasteiger partial charge in [-0.05, 0) is 75.4 Å². The number of anilines is 4. The van der Waals surface area contributed by atoms with E-state index < -0.39 is 23.5 Å². The molecule has 0 spiro atoms. The Morgan fingerprint density at radius 1 is 0.979 bits per heavy atom. The zero-order valence-electron chi connectivity index (χ0n) is 28.5. The van der Waals surface area contributed by atoms with Crippen molar-refractivity contribution in [3.63, 3.8) is 0 Å². The second-order valence-electron chi connectivity index (χ2n) is 13.2. The average molecular weight is 704 g/mol. The molecule has 3 atom stereocenters.